The Kier molecular flexibility index (Phi) is 7.90. The summed E-state index contributed by atoms with van der Waals surface area (Å²) in [6, 6.07) is 4.04. The molecule has 1 atom stereocenters. The lowest BCUT2D eigenvalue weighted by atomic mass is 10.0. The molecule has 1 aromatic rings. The maximum absolute atomic E-state index is 12.3. The third kappa shape index (κ3) is 8.02. The smallest absolute Gasteiger partial charge is 0.408 e. The van der Waals surface area contributed by atoms with Crippen molar-refractivity contribution in [3.63, 3.8) is 0 Å². The lowest BCUT2D eigenvalue weighted by Gasteiger charge is -2.25. The number of nitro groups is 1. The quantitative estimate of drug-likeness (QED) is 0.312. The number of nitrogens with one attached hydrogen (secondary N) is 2. The minimum Gasteiger partial charge on any atom is -0.444 e. The number of carbonyl (C=O) groups is 3. The van der Waals surface area contributed by atoms with Crippen molar-refractivity contribution >= 4 is 23.7 Å². The average Bonchev–Trinajstić information content (AvgIpc) is 2.56. The Balaban J connectivity index is 2.57. The van der Waals surface area contributed by atoms with E-state index in [0.717, 1.165) is 0 Å². The molecule has 0 fully saturated rings. The summed E-state index contributed by atoms with van der Waals surface area (Å²) in [5, 5.41) is 15.5. The van der Waals surface area contributed by atoms with E-state index in [1.165, 1.54) is 24.3 Å². The highest BCUT2D eigenvalue weighted by molar-refractivity contribution is 5.88. The summed E-state index contributed by atoms with van der Waals surface area (Å²) in [7, 11) is 0. The number of carbonyl (C=O) groups excluding carboxylic acids is 3. The third-order valence-corrected chi connectivity index (χ3v) is 3.31. The van der Waals surface area contributed by atoms with E-state index in [1.54, 1.807) is 34.6 Å². The molecule has 28 heavy (non-hydrogen) atoms. The van der Waals surface area contributed by atoms with Gasteiger partial charge in [0.15, 0.2) is 0 Å². The van der Waals surface area contributed by atoms with Crippen LogP contribution in [0.4, 0.5) is 10.5 Å². The molecule has 2 N–H and O–H groups in total. The molecule has 0 radical (unpaired) electrons. The summed E-state index contributed by atoms with van der Waals surface area (Å²) in [5.74, 6) is -1.47. The van der Waals surface area contributed by atoms with E-state index in [-0.39, 0.29) is 17.4 Å². The fourth-order valence-corrected chi connectivity index (χ4v) is 2.04. The molecule has 0 aromatic heterocycles. The van der Waals surface area contributed by atoms with Gasteiger partial charge >= 0.3 is 12.1 Å². The summed E-state index contributed by atoms with van der Waals surface area (Å²) in [4.78, 5) is 46.1. The Hall–Kier alpha value is -3.17. The van der Waals surface area contributed by atoms with Gasteiger partial charge in [-0.2, -0.15) is 0 Å². The molecule has 0 aliphatic carbocycles. The Morgan fingerprint density at radius 3 is 2.18 bits per heavy atom. The van der Waals surface area contributed by atoms with Crippen LogP contribution in [0.2, 0.25) is 0 Å². The molecule has 0 aliphatic heterocycles. The van der Waals surface area contributed by atoms with Crippen molar-refractivity contribution < 1.29 is 28.8 Å². The van der Waals surface area contributed by atoms with Crippen LogP contribution in [0.25, 0.3) is 0 Å². The summed E-state index contributed by atoms with van der Waals surface area (Å²) < 4.78 is 10.1. The lowest BCUT2D eigenvalue weighted by molar-refractivity contribution is -0.384. The second kappa shape index (κ2) is 9.67. The second-order valence-corrected chi connectivity index (χ2v) is 7.31. The van der Waals surface area contributed by atoms with Gasteiger partial charge in [-0.15, -0.1) is 0 Å². The molecule has 2 amide bonds. The Labute approximate surface area is 162 Å². The number of ether oxygens (including phenoxy) is 2. The number of amides is 2. The molecule has 0 aliphatic rings. The molecule has 1 aromatic carbocycles. The zero-order valence-corrected chi connectivity index (χ0v) is 16.5. The normalized spacial score (nSPS) is 12.1. The first-order valence-corrected chi connectivity index (χ1v) is 8.61. The molecule has 0 saturated heterocycles. The number of alkyl carbamates (subject to hydrolysis) is 1. The summed E-state index contributed by atoms with van der Waals surface area (Å²) in [5.41, 5.74) is -0.850. The van der Waals surface area contributed by atoms with Gasteiger partial charge in [0, 0.05) is 12.1 Å². The van der Waals surface area contributed by atoms with E-state index in [4.69, 9.17) is 9.47 Å². The second-order valence-electron chi connectivity index (χ2n) is 7.31. The van der Waals surface area contributed by atoms with Crippen molar-refractivity contribution in [2.75, 3.05) is 6.54 Å². The van der Waals surface area contributed by atoms with Crippen LogP contribution >= 0.6 is 0 Å². The largest absolute Gasteiger partial charge is 0.444 e. The average molecular weight is 395 g/mol. The summed E-state index contributed by atoms with van der Waals surface area (Å²) in [6.07, 6.45) is -0.741. The lowest BCUT2D eigenvalue weighted by Crippen LogP contribution is -2.51. The molecule has 10 nitrogen and oxygen atoms in total. The van der Waals surface area contributed by atoms with Crippen molar-refractivity contribution in [2.45, 2.75) is 46.3 Å². The van der Waals surface area contributed by atoms with Crippen LogP contribution in [-0.2, 0) is 14.3 Å². The van der Waals surface area contributed by atoms with Crippen molar-refractivity contribution in [1.29, 1.82) is 0 Å². The van der Waals surface area contributed by atoms with Gasteiger partial charge in [0.25, 0.3) is 5.69 Å². The number of non-ortho nitro benzene ring substituents is 1. The van der Waals surface area contributed by atoms with E-state index in [0.29, 0.717) is 0 Å². The summed E-state index contributed by atoms with van der Waals surface area (Å²) >= 11 is 0. The molecular formula is C18H25N3O7. The highest BCUT2D eigenvalue weighted by atomic mass is 16.6. The van der Waals surface area contributed by atoms with Gasteiger partial charge in [-0.1, -0.05) is 13.8 Å². The zero-order valence-electron chi connectivity index (χ0n) is 16.5. The van der Waals surface area contributed by atoms with Crippen molar-refractivity contribution in [3.8, 4) is 5.75 Å². The highest BCUT2D eigenvalue weighted by Crippen LogP contribution is 2.17. The number of hydrogen-bond donors (Lipinski definition) is 2. The van der Waals surface area contributed by atoms with Crippen LogP contribution in [0.3, 0.4) is 0 Å². The SMILES string of the molecule is CC(C)[C@H](NC(=O)OC(C)(C)C)C(=O)NCC(=O)Oc1ccc([N+](=O)[O-])cc1. The Bertz CT molecular complexity index is 724. The number of rotatable bonds is 7. The minimum absolute atomic E-state index is 0.108. The van der Waals surface area contributed by atoms with Gasteiger partial charge in [0.1, 0.15) is 23.9 Å². The van der Waals surface area contributed by atoms with Crippen molar-refractivity contribution in [2.24, 2.45) is 5.92 Å². The molecule has 10 heteroatoms. The minimum atomic E-state index is -0.901. The topological polar surface area (TPSA) is 137 Å². The number of benzene rings is 1. The van der Waals surface area contributed by atoms with Crippen LogP contribution in [0.5, 0.6) is 5.75 Å². The zero-order chi connectivity index (χ0) is 21.5. The number of hydrogen-bond acceptors (Lipinski definition) is 7. The molecule has 0 unspecified atom stereocenters. The summed E-state index contributed by atoms with van der Waals surface area (Å²) in [6.45, 7) is 8.13. The predicted molar refractivity (Wildman–Crippen MR) is 99.7 cm³/mol. The van der Waals surface area contributed by atoms with E-state index in [1.807, 2.05) is 0 Å². The van der Waals surface area contributed by atoms with Gasteiger partial charge in [-0.3, -0.25) is 14.9 Å². The van der Waals surface area contributed by atoms with Crippen LogP contribution in [0, 0.1) is 16.0 Å². The standard InChI is InChI=1S/C18H25N3O7/c1-11(2)15(20-17(24)28-18(3,4)5)16(23)19-10-14(22)27-13-8-6-12(7-9-13)21(25)26/h6-9,11,15H,10H2,1-5H3,(H,19,23)(H,20,24)/t15-/m0/s1. The van der Waals surface area contributed by atoms with E-state index in [9.17, 15) is 24.5 Å². The number of esters is 1. The van der Waals surface area contributed by atoms with E-state index >= 15 is 0 Å². The van der Waals surface area contributed by atoms with Crippen LogP contribution in [0.1, 0.15) is 34.6 Å². The maximum atomic E-state index is 12.3. The molecule has 0 spiro atoms. The molecule has 0 heterocycles. The van der Waals surface area contributed by atoms with E-state index < -0.39 is 41.1 Å². The Morgan fingerprint density at radius 2 is 1.71 bits per heavy atom. The third-order valence-electron chi connectivity index (χ3n) is 3.31. The van der Waals surface area contributed by atoms with E-state index in [2.05, 4.69) is 10.6 Å². The molecule has 0 bridgehead atoms. The maximum Gasteiger partial charge on any atom is 0.408 e. The first-order valence-electron chi connectivity index (χ1n) is 8.61. The first kappa shape index (κ1) is 22.9. The molecule has 154 valence electrons. The van der Waals surface area contributed by atoms with Gasteiger partial charge in [-0.25, -0.2) is 9.59 Å². The fourth-order valence-electron chi connectivity index (χ4n) is 2.04. The van der Waals surface area contributed by atoms with Gasteiger partial charge in [-0.05, 0) is 38.8 Å². The van der Waals surface area contributed by atoms with Gasteiger partial charge < -0.3 is 20.1 Å². The molecule has 1 rings (SSSR count). The monoisotopic (exact) mass is 395 g/mol. The molecule has 0 saturated carbocycles. The van der Waals surface area contributed by atoms with Gasteiger partial charge in [0.05, 0.1) is 4.92 Å². The Morgan fingerprint density at radius 1 is 1.14 bits per heavy atom. The number of nitrogens with zero attached hydrogens (tertiary/aromatic N) is 1. The van der Waals surface area contributed by atoms with Gasteiger partial charge in [0.2, 0.25) is 5.91 Å². The number of nitro benzene ring substituents is 1. The fraction of sp³-hybridized carbons (Fsp3) is 0.500. The van der Waals surface area contributed by atoms with Crippen LogP contribution in [0.15, 0.2) is 24.3 Å². The highest BCUT2D eigenvalue weighted by Gasteiger charge is 2.27. The molecular weight excluding hydrogens is 370 g/mol. The van der Waals surface area contributed by atoms with Crippen LogP contribution in [-0.4, -0.2) is 41.1 Å². The van der Waals surface area contributed by atoms with Crippen molar-refractivity contribution in [1.82, 2.24) is 10.6 Å². The first-order chi connectivity index (χ1) is 12.9. The predicted octanol–water partition coefficient (Wildman–Crippen LogP) is 2.17. The van der Waals surface area contributed by atoms with Crippen molar-refractivity contribution in [3.05, 3.63) is 34.4 Å². The van der Waals surface area contributed by atoms with Crippen LogP contribution < -0.4 is 15.4 Å².